The lowest BCUT2D eigenvalue weighted by Gasteiger charge is -2.30. The molecule has 1 unspecified atom stereocenters. The Kier molecular flexibility index (Phi) is 10.6. The van der Waals surface area contributed by atoms with Crippen LogP contribution < -0.4 is 0 Å². The van der Waals surface area contributed by atoms with Gasteiger partial charge in [0.05, 0.1) is 0 Å². The Morgan fingerprint density at radius 1 is 0.806 bits per heavy atom. The molecule has 1 saturated carbocycles. The van der Waals surface area contributed by atoms with Gasteiger partial charge in [0.15, 0.2) is 0 Å². The Morgan fingerprint density at radius 2 is 1.55 bits per heavy atom. The topological polar surface area (TPSA) is 0 Å². The van der Waals surface area contributed by atoms with E-state index in [4.69, 9.17) is 0 Å². The van der Waals surface area contributed by atoms with E-state index in [1.165, 1.54) is 89.9 Å². The van der Waals surface area contributed by atoms with Gasteiger partial charge in [0.25, 0.3) is 0 Å². The van der Waals surface area contributed by atoms with Gasteiger partial charge in [-0.1, -0.05) is 102 Å². The summed E-state index contributed by atoms with van der Waals surface area (Å²) in [4.78, 5) is 0. The molecule has 0 bridgehead atoms. The first-order chi connectivity index (χ1) is 15.2. The monoisotopic (exact) mass is 426 g/mol. The molecule has 0 N–H and O–H groups in total. The van der Waals surface area contributed by atoms with E-state index in [0.29, 0.717) is 0 Å². The van der Waals surface area contributed by atoms with Crippen LogP contribution >= 0.6 is 0 Å². The lowest BCUT2D eigenvalue weighted by atomic mass is 9.76. The van der Waals surface area contributed by atoms with Gasteiger partial charge in [-0.3, -0.25) is 0 Å². The van der Waals surface area contributed by atoms with Crippen LogP contribution in [0.4, 0.5) is 4.39 Å². The maximum absolute atomic E-state index is 14.0. The minimum absolute atomic E-state index is 0.0248. The van der Waals surface area contributed by atoms with Crippen LogP contribution in [0.15, 0.2) is 29.8 Å². The van der Waals surface area contributed by atoms with Crippen molar-refractivity contribution < 1.29 is 4.39 Å². The van der Waals surface area contributed by atoms with E-state index >= 15 is 0 Å². The first-order valence-corrected chi connectivity index (χ1v) is 13.6. The standard InChI is InChI=1S/C30H47F/c1-3-5-6-7-8-24-9-11-25(12-10-24)13-14-26-15-17-27(18-16-26)19-20-28-21-22-29(4-2)30(31)23-28/h17,21-26H,3-16,18-20H2,1-2H3/t24-,25-,26?. The van der Waals surface area contributed by atoms with Crippen molar-refractivity contribution in [3.05, 3.63) is 46.8 Å². The van der Waals surface area contributed by atoms with Crippen LogP contribution in [-0.2, 0) is 12.8 Å². The summed E-state index contributed by atoms with van der Waals surface area (Å²) in [7, 11) is 0. The second kappa shape index (κ2) is 13.4. The Balaban J connectivity index is 1.29. The Hall–Kier alpha value is -1.11. The van der Waals surface area contributed by atoms with E-state index in [1.54, 1.807) is 11.6 Å². The molecule has 1 heteroatoms. The molecule has 31 heavy (non-hydrogen) atoms. The summed E-state index contributed by atoms with van der Waals surface area (Å²) in [5.41, 5.74) is 3.60. The SMILES string of the molecule is CCCCCC[C@H]1CC[C@H](CCC2CC=C(CCc3ccc(CC)c(F)c3)CC2)CC1. The molecular weight excluding hydrogens is 379 g/mol. The van der Waals surface area contributed by atoms with Gasteiger partial charge in [0.1, 0.15) is 5.82 Å². The highest BCUT2D eigenvalue weighted by Crippen LogP contribution is 2.37. The van der Waals surface area contributed by atoms with Crippen LogP contribution in [0.2, 0.25) is 0 Å². The predicted molar refractivity (Wildman–Crippen MR) is 133 cm³/mol. The van der Waals surface area contributed by atoms with Gasteiger partial charge in [-0.15, -0.1) is 0 Å². The average molecular weight is 427 g/mol. The largest absolute Gasteiger partial charge is 0.207 e. The molecule has 174 valence electrons. The molecule has 2 aliphatic carbocycles. The summed E-state index contributed by atoms with van der Waals surface area (Å²) in [5, 5.41) is 0. The Labute approximate surface area is 192 Å². The van der Waals surface area contributed by atoms with Crippen molar-refractivity contribution in [1.29, 1.82) is 0 Å². The fourth-order valence-electron chi connectivity index (χ4n) is 5.91. The molecule has 1 fully saturated rings. The molecule has 0 radical (unpaired) electrons. The van der Waals surface area contributed by atoms with Crippen molar-refractivity contribution in [1.82, 2.24) is 0 Å². The average Bonchev–Trinajstić information content (AvgIpc) is 2.81. The van der Waals surface area contributed by atoms with Crippen molar-refractivity contribution in [2.45, 2.75) is 123 Å². The molecular formula is C30H47F. The van der Waals surface area contributed by atoms with Crippen molar-refractivity contribution >= 4 is 0 Å². The van der Waals surface area contributed by atoms with E-state index in [1.807, 2.05) is 13.0 Å². The summed E-state index contributed by atoms with van der Waals surface area (Å²) < 4.78 is 14.0. The third kappa shape index (κ3) is 8.39. The zero-order chi connectivity index (χ0) is 21.9. The quantitative estimate of drug-likeness (QED) is 0.230. The maximum Gasteiger partial charge on any atom is 0.126 e. The number of hydrogen-bond donors (Lipinski definition) is 0. The molecule has 0 amide bonds. The normalized spacial score (nSPS) is 24.2. The fraction of sp³-hybridized carbons (Fsp3) is 0.733. The maximum atomic E-state index is 14.0. The Bertz CT molecular complexity index is 665. The number of benzene rings is 1. The van der Waals surface area contributed by atoms with E-state index in [2.05, 4.69) is 19.1 Å². The third-order valence-electron chi connectivity index (χ3n) is 8.26. The molecule has 0 nitrogen and oxygen atoms in total. The minimum Gasteiger partial charge on any atom is -0.207 e. The first-order valence-electron chi connectivity index (χ1n) is 13.6. The van der Waals surface area contributed by atoms with Gasteiger partial charge in [0.2, 0.25) is 0 Å². The van der Waals surface area contributed by atoms with Crippen molar-refractivity contribution in [2.75, 3.05) is 0 Å². The van der Waals surface area contributed by atoms with Crippen LogP contribution in [-0.4, -0.2) is 0 Å². The lowest BCUT2D eigenvalue weighted by molar-refractivity contribution is 0.234. The highest BCUT2D eigenvalue weighted by atomic mass is 19.1. The van der Waals surface area contributed by atoms with Crippen LogP contribution in [0, 0.1) is 23.6 Å². The second-order valence-electron chi connectivity index (χ2n) is 10.6. The number of aryl methyl sites for hydroxylation is 2. The van der Waals surface area contributed by atoms with Crippen LogP contribution in [0.5, 0.6) is 0 Å². The minimum atomic E-state index is -0.0248. The number of halogens is 1. The van der Waals surface area contributed by atoms with Crippen molar-refractivity contribution in [3.63, 3.8) is 0 Å². The molecule has 1 atom stereocenters. The number of rotatable bonds is 12. The van der Waals surface area contributed by atoms with E-state index in [-0.39, 0.29) is 5.82 Å². The van der Waals surface area contributed by atoms with Gasteiger partial charge in [-0.05, 0) is 79.9 Å². The van der Waals surface area contributed by atoms with Gasteiger partial charge in [-0.25, -0.2) is 4.39 Å². The molecule has 0 heterocycles. The zero-order valence-electron chi connectivity index (χ0n) is 20.4. The zero-order valence-corrected chi connectivity index (χ0v) is 20.4. The first kappa shape index (κ1) is 24.5. The number of allylic oxidation sites excluding steroid dienone is 2. The van der Waals surface area contributed by atoms with Gasteiger partial charge in [0, 0.05) is 0 Å². The third-order valence-corrected chi connectivity index (χ3v) is 8.26. The molecule has 1 aromatic carbocycles. The second-order valence-corrected chi connectivity index (χ2v) is 10.6. The summed E-state index contributed by atoms with van der Waals surface area (Å²) >= 11 is 0. The highest BCUT2D eigenvalue weighted by molar-refractivity contribution is 5.25. The molecule has 0 aromatic heterocycles. The van der Waals surface area contributed by atoms with Crippen LogP contribution in [0.25, 0.3) is 0 Å². The molecule has 1 aromatic rings. The summed E-state index contributed by atoms with van der Waals surface area (Å²) in [6, 6.07) is 5.84. The fourth-order valence-corrected chi connectivity index (χ4v) is 5.91. The summed E-state index contributed by atoms with van der Waals surface area (Å²) in [6.45, 7) is 4.32. The van der Waals surface area contributed by atoms with Crippen molar-refractivity contribution in [2.24, 2.45) is 17.8 Å². The summed E-state index contributed by atoms with van der Waals surface area (Å²) in [6.07, 6.45) is 25.5. The molecule has 3 rings (SSSR count). The highest BCUT2D eigenvalue weighted by Gasteiger charge is 2.22. The molecule has 0 spiro atoms. The van der Waals surface area contributed by atoms with Crippen LogP contribution in [0.3, 0.4) is 0 Å². The predicted octanol–water partition coefficient (Wildman–Crippen LogP) is 9.60. The van der Waals surface area contributed by atoms with Gasteiger partial charge in [-0.2, -0.15) is 0 Å². The number of unbranched alkanes of at least 4 members (excludes halogenated alkanes) is 3. The molecule has 0 aliphatic heterocycles. The molecule has 0 saturated heterocycles. The Morgan fingerprint density at radius 3 is 2.19 bits per heavy atom. The molecule has 2 aliphatic rings. The van der Waals surface area contributed by atoms with Gasteiger partial charge < -0.3 is 0 Å². The smallest absolute Gasteiger partial charge is 0.126 e. The van der Waals surface area contributed by atoms with Crippen LogP contribution in [0.1, 0.15) is 121 Å². The van der Waals surface area contributed by atoms with Crippen molar-refractivity contribution in [3.8, 4) is 0 Å². The number of hydrogen-bond acceptors (Lipinski definition) is 0. The van der Waals surface area contributed by atoms with Gasteiger partial charge >= 0.3 is 0 Å². The van der Waals surface area contributed by atoms with E-state index in [0.717, 1.165) is 48.1 Å². The lowest BCUT2D eigenvalue weighted by Crippen LogP contribution is -2.16. The summed E-state index contributed by atoms with van der Waals surface area (Å²) in [5.74, 6) is 2.94. The van der Waals surface area contributed by atoms with E-state index < -0.39 is 0 Å². The van der Waals surface area contributed by atoms with E-state index in [9.17, 15) is 4.39 Å².